The van der Waals surface area contributed by atoms with Gasteiger partial charge in [-0.05, 0) is 58.1 Å². The van der Waals surface area contributed by atoms with Gasteiger partial charge in [-0.2, -0.15) is 0 Å². The molecule has 1 aliphatic rings. The number of rotatable bonds is 2. The molecular weight excluding hydrogens is 238 g/mol. The van der Waals surface area contributed by atoms with E-state index in [1.807, 2.05) is 18.0 Å². The van der Waals surface area contributed by atoms with Crippen LogP contribution in [0.4, 0.5) is 0 Å². The van der Waals surface area contributed by atoms with E-state index in [9.17, 15) is 0 Å². The lowest BCUT2D eigenvalue weighted by Gasteiger charge is -2.28. The van der Waals surface area contributed by atoms with Crippen molar-refractivity contribution in [1.29, 1.82) is 0 Å². The van der Waals surface area contributed by atoms with Crippen LogP contribution in [0.25, 0.3) is 6.08 Å². The molecule has 1 unspecified atom stereocenters. The average molecular weight is 261 g/mol. The first-order valence-electron chi connectivity index (χ1n) is 6.87. The maximum absolute atomic E-state index is 4.42. The molecule has 2 heterocycles. The Balaban J connectivity index is 2.58. The number of nitrogens with zero attached hydrogens (tertiary/aromatic N) is 1. The van der Waals surface area contributed by atoms with Crippen molar-refractivity contribution in [3.8, 4) is 0 Å². The largest absolute Gasteiger partial charge is 0.264 e. The summed E-state index contributed by atoms with van der Waals surface area (Å²) in [7, 11) is 0. The fourth-order valence-corrected chi connectivity index (χ4v) is 3.49. The summed E-state index contributed by atoms with van der Waals surface area (Å²) in [5, 5.41) is 2.22. The predicted octanol–water partition coefficient (Wildman–Crippen LogP) is 5.05. The van der Waals surface area contributed by atoms with E-state index < -0.39 is 0 Å². The van der Waals surface area contributed by atoms with E-state index in [0.717, 1.165) is 0 Å². The fraction of sp³-hybridized carbons (Fsp3) is 0.562. The minimum absolute atomic E-state index is 0.550. The van der Waals surface area contributed by atoms with Gasteiger partial charge in [-0.15, -0.1) is 11.8 Å². The van der Waals surface area contributed by atoms with Crippen molar-refractivity contribution in [2.75, 3.05) is 5.75 Å². The maximum Gasteiger partial charge on any atom is 0.0343 e. The smallest absolute Gasteiger partial charge is 0.0343 e. The molecule has 0 saturated carbocycles. The lowest BCUT2D eigenvalue weighted by Crippen LogP contribution is -2.14. The van der Waals surface area contributed by atoms with Crippen molar-refractivity contribution in [2.45, 2.75) is 46.0 Å². The molecule has 0 aliphatic carbocycles. The quantitative estimate of drug-likeness (QED) is 0.738. The average Bonchev–Trinajstić information content (AvgIpc) is 2.28. The first-order valence-corrected chi connectivity index (χ1v) is 7.92. The molecule has 1 nitrogen and oxygen atoms in total. The topological polar surface area (TPSA) is 12.9 Å². The number of aromatic nitrogens is 1. The van der Waals surface area contributed by atoms with Gasteiger partial charge in [0.1, 0.15) is 0 Å². The highest BCUT2D eigenvalue weighted by Crippen LogP contribution is 2.38. The Labute approximate surface area is 115 Å². The summed E-state index contributed by atoms with van der Waals surface area (Å²) in [6.45, 7) is 9.22. The molecule has 1 atom stereocenters. The Morgan fingerprint density at radius 2 is 2.00 bits per heavy atom. The van der Waals surface area contributed by atoms with Crippen molar-refractivity contribution in [2.24, 2.45) is 5.92 Å². The molecule has 1 aromatic heterocycles. The minimum Gasteiger partial charge on any atom is -0.264 e. The third-order valence-electron chi connectivity index (χ3n) is 3.74. The summed E-state index contributed by atoms with van der Waals surface area (Å²) >= 11 is 1.92. The fourth-order valence-electron chi connectivity index (χ4n) is 2.72. The summed E-state index contributed by atoms with van der Waals surface area (Å²) in [5.74, 6) is 3.13. The second-order valence-electron chi connectivity index (χ2n) is 5.70. The van der Waals surface area contributed by atoms with Crippen LogP contribution in [0.1, 0.15) is 62.6 Å². The van der Waals surface area contributed by atoms with Gasteiger partial charge in [0.25, 0.3) is 0 Å². The van der Waals surface area contributed by atoms with E-state index in [0.29, 0.717) is 17.8 Å². The van der Waals surface area contributed by atoms with E-state index in [4.69, 9.17) is 0 Å². The monoisotopic (exact) mass is 261 g/mol. The molecule has 0 amide bonds. The molecule has 98 valence electrons. The van der Waals surface area contributed by atoms with Crippen molar-refractivity contribution in [1.82, 2.24) is 4.98 Å². The minimum atomic E-state index is 0.550. The highest BCUT2D eigenvalue weighted by Gasteiger charge is 2.23. The van der Waals surface area contributed by atoms with Gasteiger partial charge >= 0.3 is 0 Å². The highest BCUT2D eigenvalue weighted by atomic mass is 32.2. The molecule has 2 rings (SSSR count). The van der Waals surface area contributed by atoms with Crippen molar-refractivity contribution < 1.29 is 0 Å². The second-order valence-corrected chi connectivity index (χ2v) is 6.71. The van der Waals surface area contributed by atoms with Crippen LogP contribution in [0.3, 0.4) is 0 Å². The number of thioether (sulfide) groups is 1. The van der Waals surface area contributed by atoms with Gasteiger partial charge in [0.05, 0.1) is 0 Å². The molecule has 0 fully saturated rings. The van der Waals surface area contributed by atoms with Gasteiger partial charge in [0.15, 0.2) is 0 Å². The predicted molar refractivity (Wildman–Crippen MR) is 82.0 cm³/mol. The van der Waals surface area contributed by atoms with E-state index in [1.165, 1.54) is 23.3 Å². The zero-order valence-corrected chi connectivity index (χ0v) is 12.6. The Hall–Kier alpha value is -0.760. The van der Waals surface area contributed by atoms with Crippen LogP contribution in [-0.2, 0) is 0 Å². The number of fused-ring (bicyclic) bond motifs is 1. The third kappa shape index (κ3) is 2.80. The molecule has 0 N–H and O–H groups in total. The summed E-state index contributed by atoms with van der Waals surface area (Å²) in [6.07, 6.45) is 7.61. The molecule has 0 saturated heterocycles. The van der Waals surface area contributed by atoms with Crippen LogP contribution in [0, 0.1) is 5.92 Å². The van der Waals surface area contributed by atoms with Crippen LogP contribution in [0.2, 0.25) is 0 Å². The van der Waals surface area contributed by atoms with Crippen LogP contribution >= 0.6 is 11.8 Å². The number of hydrogen-bond acceptors (Lipinski definition) is 2. The Bertz CT molecular complexity index is 435. The number of hydrogen-bond donors (Lipinski definition) is 0. The molecule has 18 heavy (non-hydrogen) atoms. The molecule has 0 bridgehead atoms. The first kappa shape index (κ1) is 13.7. The molecule has 1 aromatic rings. The van der Waals surface area contributed by atoms with E-state index >= 15 is 0 Å². The van der Waals surface area contributed by atoms with Gasteiger partial charge in [0, 0.05) is 12.4 Å². The normalized spacial score (nSPS) is 21.6. The first-order chi connectivity index (χ1) is 8.61. The molecule has 0 spiro atoms. The van der Waals surface area contributed by atoms with Gasteiger partial charge in [-0.3, -0.25) is 4.98 Å². The zero-order chi connectivity index (χ0) is 13.1. The molecular formula is C16H23NS. The van der Waals surface area contributed by atoms with Crippen molar-refractivity contribution in [3.63, 3.8) is 0 Å². The molecule has 0 aromatic carbocycles. The summed E-state index contributed by atoms with van der Waals surface area (Å²) in [5.41, 5.74) is 4.31. The SMILES string of the molecule is CC(C)c1cncc2c1C(C(C)C)CCS/C=C\2. The van der Waals surface area contributed by atoms with E-state index in [2.05, 4.69) is 50.4 Å². The van der Waals surface area contributed by atoms with Crippen LogP contribution in [0.5, 0.6) is 0 Å². The third-order valence-corrected chi connectivity index (χ3v) is 4.54. The highest BCUT2D eigenvalue weighted by molar-refractivity contribution is 8.02. The summed E-state index contributed by atoms with van der Waals surface area (Å²) in [4.78, 5) is 4.42. The lowest BCUT2D eigenvalue weighted by atomic mass is 9.79. The van der Waals surface area contributed by atoms with Crippen LogP contribution in [-0.4, -0.2) is 10.7 Å². The van der Waals surface area contributed by atoms with Crippen molar-refractivity contribution in [3.05, 3.63) is 34.5 Å². The van der Waals surface area contributed by atoms with Crippen molar-refractivity contribution >= 4 is 17.8 Å². The van der Waals surface area contributed by atoms with Crippen LogP contribution < -0.4 is 0 Å². The zero-order valence-electron chi connectivity index (χ0n) is 11.8. The second kappa shape index (κ2) is 5.92. The molecule has 0 radical (unpaired) electrons. The maximum atomic E-state index is 4.42. The summed E-state index contributed by atoms with van der Waals surface area (Å²) < 4.78 is 0. The molecule has 1 aliphatic heterocycles. The van der Waals surface area contributed by atoms with Gasteiger partial charge in [-0.1, -0.05) is 27.7 Å². The van der Waals surface area contributed by atoms with E-state index in [1.54, 1.807) is 5.56 Å². The van der Waals surface area contributed by atoms with Gasteiger partial charge in [-0.25, -0.2) is 0 Å². The van der Waals surface area contributed by atoms with Gasteiger partial charge < -0.3 is 0 Å². The lowest BCUT2D eigenvalue weighted by molar-refractivity contribution is 0.482. The van der Waals surface area contributed by atoms with E-state index in [-0.39, 0.29) is 0 Å². The van der Waals surface area contributed by atoms with Crippen LogP contribution in [0.15, 0.2) is 17.8 Å². The standard InChI is InChI=1S/C16H23NS/c1-11(2)14-6-8-18-7-5-13-9-17-10-15(12(3)4)16(13)14/h5,7,9-12,14H,6,8H2,1-4H3/b7-5-. The van der Waals surface area contributed by atoms with Gasteiger partial charge in [0.2, 0.25) is 0 Å². The Morgan fingerprint density at radius 1 is 1.22 bits per heavy atom. The summed E-state index contributed by atoms with van der Waals surface area (Å²) in [6, 6.07) is 0. The Kier molecular flexibility index (Phi) is 4.50. The Morgan fingerprint density at radius 3 is 2.67 bits per heavy atom. The number of pyridine rings is 1. The molecule has 2 heteroatoms.